The minimum absolute atomic E-state index is 0.0968. The highest BCUT2D eigenvalue weighted by molar-refractivity contribution is 7.09. The molecule has 32 heavy (non-hydrogen) atoms. The molecular formula is C20H27FN4O6S. The van der Waals surface area contributed by atoms with Gasteiger partial charge in [-0.1, -0.05) is 6.07 Å². The van der Waals surface area contributed by atoms with Crippen LogP contribution in [0.25, 0.3) is 0 Å². The van der Waals surface area contributed by atoms with Crippen molar-refractivity contribution < 1.29 is 33.7 Å². The van der Waals surface area contributed by atoms with Crippen molar-refractivity contribution in [3.05, 3.63) is 46.7 Å². The lowest BCUT2D eigenvalue weighted by Gasteiger charge is -2.30. The number of carbonyl (C=O) groups excluding carboxylic acids is 1. The van der Waals surface area contributed by atoms with Gasteiger partial charge in [0.05, 0.1) is 13.2 Å². The summed E-state index contributed by atoms with van der Waals surface area (Å²) in [5, 5.41) is 22.9. The molecule has 1 aromatic heterocycles. The van der Waals surface area contributed by atoms with Gasteiger partial charge in [0, 0.05) is 44.0 Å². The maximum Gasteiger partial charge on any atom is 0.290 e. The number of likely N-dealkylation sites (tertiary alicyclic amines) is 1. The van der Waals surface area contributed by atoms with Crippen LogP contribution >= 0.6 is 11.3 Å². The molecule has 1 unspecified atom stereocenters. The molecule has 1 saturated heterocycles. The van der Waals surface area contributed by atoms with Gasteiger partial charge in [-0.25, -0.2) is 9.37 Å². The summed E-state index contributed by atoms with van der Waals surface area (Å²) in [7, 11) is 1.60. The zero-order valence-electron chi connectivity index (χ0n) is 17.6. The van der Waals surface area contributed by atoms with Crippen LogP contribution in [0.3, 0.4) is 0 Å². The van der Waals surface area contributed by atoms with Crippen LogP contribution < -0.4 is 10.6 Å². The molecule has 10 nitrogen and oxygen atoms in total. The Morgan fingerprint density at radius 3 is 2.69 bits per heavy atom. The number of halogens is 1. The Bertz CT molecular complexity index is 820. The van der Waals surface area contributed by atoms with Gasteiger partial charge in [0.1, 0.15) is 16.4 Å². The predicted octanol–water partition coefficient (Wildman–Crippen LogP) is 1.50. The molecule has 4 N–H and O–H groups in total. The van der Waals surface area contributed by atoms with E-state index in [4.69, 9.17) is 24.5 Å². The number of ether oxygens (including phenoxy) is 1. The molecule has 1 aliphatic heterocycles. The van der Waals surface area contributed by atoms with Crippen LogP contribution in [0.4, 0.5) is 10.1 Å². The molecule has 2 heterocycles. The number of carboxylic acid groups (broad SMARTS) is 2. The van der Waals surface area contributed by atoms with Crippen LogP contribution in [0.15, 0.2) is 35.8 Å². The van der Waals surface area contributed by atoms with Crippen molar-refractivity contribution in [3.8, 4) is 0 Å². The fourth-order valence-electron chi connectivity index (χ4n) is 3.17. The fraction of sp³-hybridized carbons (Fsp3) is 0.400. The number of nitrogens with zero attached hydrogens (tertiary/aromatic N) is 2. The van der Waals surface area contributed by atoms with Gasteiger partial charge in [0.25, 0.3) is 12.9 Å². The van der Waals surface area contributed by atoms with Gasteiger partial charge in [0.2, 0.25) is 5.91 Å². The van der Waals surface area contributed by atoms with Gasteiger partial charge in [-0.2, -0.15) is 0 Å². The number of benzene rings is 1. The fourth-order valence-corrected chi connectivity index (χ4v) is 3.83. The topological polar surface area (TPSA) is 141 Å². The molecule has 0 bridgehead atoms. The molecular weight excluding hydrogens is 443 g/mol. The number of hydrogen-bond acceptors (Lipinski definition) is 8. The second kappa shape index (κ2) is 14.8. The van der Waals surface area contributed by atoms with E-state index < -0.39 is 5.54 Å². The zero-order chi connectivity index (χ0) is 23.8. The summed E-state index contributed by atoms with van der Waals surface area (Å²) in [5.41, 5.74) is -0.207. The van der Waals surface area contributed by atoms with Crippen molar-refractivity contribution in [2.45, 2.75) is 18.5 Å². The van der Waals surface area contributed by atoms with E-state index in [0.29, 0.717) is 38.3 Å². The van der Waals surface area contributed by atoms with Crippen LogP contribution in [0, 0.1) is 5.82 Å². The molecule has 0 aliphatic carbocycles. The summed E-state index contributed by atoms with van der Waals surface area (Å²) < 4.78 is 18.6. The Hall–Kier alpha value is -3.09. The molecule has 0 saturated carbocycles. The Kier molecular flexibility index (Phi) is 12.5. The first-order valence-corrected chi connectivity index (χ1v) is 10.4. The van der Waals surface area contributed by atoms with Gasteiger partial charge < -0.3 is 25.6 Å². The van der Waals surface area contributed by atoms with E-state index >= 15 is 0 Å². The molecule has 1 aromatic carbocycles. The smallest absolute Gasteiger partial charge is 0.290 e. The van der Waals surface area contributed by atoms with Crippen molar-refractivity contribution in [1.29, 1.82) is 0 Å². The summed E-state index contributed by atoms with van der Waals surface area (Å²) in [4.78, 5) is 36.2. The van der Waals surface area contributed by atoms with E-state index in [1.165, 1.54) is 12.1 Å². The average Bonchev–Trinajstić information content (AvgIpc) is 3.40. The highest BCUT2D eigenvalue weighted by Crippen LogP contribution is 2.28. The second-order valence-corrected chi connectivity index (χ2v) is 7.54. The van der Waals surface area contributed by atoms with Crippen LogP contribution in [0.1, 0.15) is 11.4 Å². The molecule has 0 radical (unpaired) electrons. The lowest BCUT2D eigenvalue weighted by Crippen LogP contribution is -2.54. The molecule has 1 amide bonds. The predicted molar refractivity (Wildman–Crippen MR) is 117 cm³/mol. The average molecular weight is 471 g/mol. The number of rotatable bonds is 8. The quantitative estimate of drug-likeness (QED) is 0.334. The van der Waals surface area contributed by atoms with Crippen molar-refractivity contribution in [1.82, 2.24) is 15.2 Å². The van der Waals surface area contributed by atoms with Gasteiger partial charge >= 0.3 is 0 Å². The first-order chi connectivity index (χ1) is 15.4. The number of methoxy groups -OCH3 is 1. The number of amides is 1. The number of aromatic nitrogens is 1. The Morgan fingerprint density at radius 2 is 2.09 bits per heavy atom. The number of hydrogen-bond donors (Lipinski definition) is 4. The molecule has 1 aliphatic rings. The van der Waals surface area contributed by atoms with E-state index in [-0.39, 0.29) is 24.7 Å². The molecule has 0 spiro atoms. The summed E-state index contributed by atoms with van der Waals surface area (Å²) in [6.45, 7) is 2.39. The lowest BCUT2D eigenvalue weighted by atomic mass is 9.96. The standard InChI is InChI=1S/C18H23FN4O2S.2CH2O2/c1-25-9-6-21-17(24)18(22-15-4-2-3-14(19)11-15)5-8-23(13-18)12-16-20-7-10-26-16;2*2-1-3/h2-4,7,10-11,22H,5-6,8-9,12-13H2,1H3,(H,21,24);2*1H,(H,2,3). The Balaban J connectivity index is 0.000000769. The van der Waals surface area contributed by atoms with Crippen LogP contribution in [-0.2, 0) is 25.7 Å². The first kappa shape index (κ1) is 26.9. The van der Waals surface area contributed by atoms with Crippen molar-refractivity contribution in [2.75, 3.05) is 38.7 Å². The van der Waals surface area contributed by atoms with Crippen LogP contribution in [-0.4, -0.2) is 77.8 Å². The Morgan fingerprint density at radius 1 is 1.38 bits per heavy atom. The van der Waals surface area contributed by atoms with Crippen molar-refractivity contribution in [3.63, 3.8) is 0 Å². The molecule has 2 aromatic rings. The largest absolute Gasteiger partial charge is 0.483 e. The van der Waals surface area contributed by atoms with Crippen molar-refractivity contribution >= 4 is 35.9 Å². The minimum atomic E-state index is -0.807. The number of anilines is 1. The third-order valence-electron chi connectivity index (χ3n) is 4.43. The molecule has 1 atom stereocenters. The van der Waals surface area contributed by atoms with E-state index in [0.717, 1.165) is 11.6 Å². The summed E-state index contributed by atoms with van der Waals surface area (Å²) >= 11 is 1.60. The first-order valence-electron chi connectivity index (χ1n) is 9.52. The summed E-state index contributed by atoms with van der Waals surface area (Å²) in [5.74, 6) is -0.428. The monoisotopic (exact) mass is 470 g/mol. The second-order valence-electron chi connectivity index (χ2n) is 6.56. The normalized spacial score (nSPS) is 17.2. The van der Waals surface area contributed by atoms with Gasteiger partial charge in [0.15, 0.2) is 0 Å². The van der Waals surface area contributed by atoms with E-state index in [1.807, 2.05) is 5.38 Å². The highest BCUT2D eigenvalue weighted by atomic mass is 32.1. The zero-order valence-corrected chi connectivity index (χ0v) is 18.4. The van der Waals surface area contributed by atoms with Crippen LogP contribution in [0.2, 0.25) is 0 Å². The third-order valence-corrected chi connectivity index (χ3v) is 5.19. The van der Waals surface area contributed by atoms with Gasteiger partial charge in [-0.05, 0) is 24.6 Å². The third kappa shape index (κ3) is 8.96. The summed E-state index contributed by atoms with van der Waals surface area (Å²) in [6, 6.07) is 6.21. The SMILES string of the molecule is COCCNC(=O)C1(Nc2cccc(F)c2)CCN(Cc2nccs2)C1.O=CO.O=CO. The van der Waals surface area contributed by atoms with Crippen LogP contribution in [0.5, 0.6) is 0 Å². The summed E-state index contributed by atoms with van der Waals surface area (Å²) in [6.07, 6.45) is 2.42. The van der Waals surface area contributed by atoms with E-state index in [2.05, 4.69) is 20.5 Å². The molecule has 3 rings (SSSR count). The maximum atomic E-state index is 13.6. The molecule has 12 heteroatoms. The lowest BCUT2D eigenvalue weighted by molar-refractivity contribution is -0.125. The van der Waals surface area contributed by atoms with Gasteiger partial charge in [-0.15, -0.1) is 11.3 Å². The number of nitrogens with one attached hydrogen (secondary N) is 2. The molecule has 176 valence electrons. The number of thiazole rings is 1. The van der Waals surface area contributed by atoms with Crippen molar-refractivity contribution in [2.24, 2.45) is 0 Å². The Labute approximate surface area is 189 Å². The highest BCUT2D eigenvalue weighted by Gasteiger charge is 2.44. The maximum absolute atomic E-state index is 13.6. The van der Waals surface area contributed by atoms with E-state index in [1.54, 1.807) is 36.8 Å². The van der Waals surface area contributed by atoms with Gasteiger partial charge in [-0.3, -0.25) is 19.3 Å². The van der Waals surface area contributed by atoms with E-state index in [9.17, 15) is 9.18 Å². The number of carbonyl (C=O) groups is 3. The minimum Gasteiger partial charge on any atom is -0.483 e. The molecule has 1 fully saturated rings.